The van der Waals surface area contributed by atoms with Gasteiger partial charge in [0.25, 0.3) is 5.69 Å². The summed E-state index contributed by atoms with van der Waals surface area (Å²) in [4.78, 5) is 11.0. The first-order valence-electron chi connectivity index (χ1n) is 12.8. The molecule has 0 unspecified atom stereocenters. The fourth-order valence-corrected chi connectivity index (χ4v) is 4.16. The van der Waals surface area contributed by atoms with Gasteiger partial charge in [0.2, 0.25) is 0 Å². The fraction of sp³-hybridized carbons (Fsp3) is 0.769. The summed E-state index contributed by atoms with van der Waals surface area (Å²) in [6.45, 7) is 8.41. The zero-order valence-corrected chi connectivity index (χ0v) is 20.4. The van der Waals surface area contributed by atoms with Crippen LogP contribution in [0.3, 0.4) is 0 Å². The van der Waals surface area contributed by atoms with Gasteiger partial charge in [-0.1, -0.05) is 104 Å². The normalized spacial score (nSPS) is 11.6. The lowest BCUT2D eigenvalue weighted by molar-refractivity contribution is -0.384. The molecule has 0 fully saturated rings. The van der Waals surface area contributed by atoms with Crippen LogP contribution >= 0.6 is 0 Å². The minimum Gasteiger partial charge on any atom is -0.373 e. The van der Waals surface area contributed by atoms with Crippen LogP contribution in [-0.4, -0.2) is 23.6 Å². The molecule has 0 spiro atoms. The predicted molar refractivity (Wildman–Crippen MR) is 134 cm³/mol. The van der Waals surface area contributed by atoms with E-state index in [1.165, 1.54) is 77.0 Å². The van der Waals surface area contributed by atoms with Crippen molar-refractivity contribution in [1.29, 1.82) is 0 Å². The quantitative estimate of drug-likeness (QED) is 0.125. The molecule has 31 heavy (non-hydrogen) atoms. The minimum absolute atomic E-state index is 0.148. The molecule has 0 radical (unpaired) electrons. The zero-order valence-electron chi connectivity index (χ0n) is 20.4. The lowest BCUT2D eigenvalue weighted by atomic mass is 9.92. The van der Waals surface area contributed by atoms with Crippen molar-refractivity contribution < 1.29 is 4.92 Å². The van der Waals surface area contributed by atoms with Gasteiger partial charge in [-0.25, -0.2) is 0 Å². The molecule has 178 valence electrons. The van der Waals surface area contributed by atoms with E-state index in [0.29, 0.717) is 5.69 Å². The summed E-state index contributed by atoms with van der Waals surface area (Å²) in [5.41, 5.74) is 0.599. The van der Waals surface area contributed by atoms with Crippen LogP contribution in [0, 0.1) is 10.1 Å². The average Bonchev–Trinajstić information content (AvgIpc) is 2.78. The van der Waals surface area contributed by atoms with Crippen LogP contribution in [0.4, 0.5) is 11.4 Å². The first-order valence-corrected chi connectivity index (χ1v) is 12.8. The van der Waals surface area contributed by atoms with Gasteiger partial charge in [-0.05, 0) is 31.9 Å². The van der Waals surface area contributed by atoms with Crippen molar-refractivity contribution >= 4 is 11.4 Å². The van der Waals surface area contributed by atoms with Gasteiger partial charge in [-0.15, -0.1) is 0 Å². The van der Waals surface area contributed by atoms with Gasteiger partial charge >= 0.3 is 0 Å². The van der Waals surface area contributed by atoms with E-state index in [0.717, 1.165) is 25.9 Å². The van der Waals surface area contributed by atoms with E-state index in [1.54, 1.807) is 12.1 Å². The minimum atomic E-state index is -0.307. The van der Waals surface area contributed by atoms with Crippen molar-refractivity contribution in [2.24, 2.45) is 0 Å². The number of nitro benzene ring substituents is 1. The molecule has 0 aliphatic heterocycles. The highest BCUT2D eigenvalue weighted by atomic mass is 16.6. The van der Waals surface area contributed by atoms with Crippen LogP contribution in [0.15, 0.2) is 24.3 Å². The highest BCUT2D eigenvalue weighted by Crippen LogP contribution is 2.29. The summed E-state index contributed by atoms with van der Waals surface area (Å²) >= 11 is 0. The van der Waals surface area contributed by atoms with Crippen molar-refractivity contribution in [1.82, 2.24) is 5.32 Å². The first kappa shape index (κ1) is 27.4. The van der Waals surface area contributed by atoms with E-state index >= 15 is 0 Å². The third-order valence-corrected chi connectivity index (χ3v) is 6.52. The van der Waals surface area contributed by atoms with E-state index in [-0.39, 0.29) is 16.1 Å². The van der Waals surface area contributed by atoms with Gasteiger partial charge in [0.1, 0.15) is 5.69 Å². The monoisotopic (exact) mass is 433 g/mol. The molecule has 0 atom stereocenters. The van der Waals surface area contributed by atoms with Gasteiger partial charge in [-0.2, -0.15) is 0 Å². The Morgan fingerprint density at radius 3 is 1.84 bits per heavy atom. The molecular weight excluding hydrogens is 386 g/mol. The van der Waals surface area contributed by atoms with E-state index in [2.05, 4.69) is 31.4 Å². The Morgan fingerprint density at radius 1 is 0.806 bits per heavy atom. The van der Waals surface area contributed by atoms with Crippen molar-refractivity contribution in [3.8, 4) is 0 Å². The first-order chi connectivity index (χ1) is 15.1. The molecule has 5 heteroatoms. The number of nitrogens with zero attached hydrogens (tertiary/aromatic N) is 1. The van der Waals surface area contributed by atoms with Crippen LogP contribution in [0.5, 0.6) is 0 Å². The molecule has 5 nitrogen and oxygen atoms in total. The summed E-state index contributed by atoms with van der Waals surface area (Å²) in [5, 5.41) is 18.4. The van der Waals surface area contributed by atoms with E-state index in [4.69, 9.17) is 0 Å². The number of benzene rings is 1. The maximum Gasteiger partial charge on any atom is 0.292 e. The van der Waals surface area contributed by atoms with Crippen molar-refractivity contribution in [3.05, 3.63) is 34.4 Å². The smallest absolute Gasteiger partial charge is 0.292 e. The number of nitro groups is 1. The Hall–Kier alpha value is -1.62. The van der Waals surface area contributed by atoms with Gasteiger partial charge in [0, 0.05) is 18.2 Å². The number of hydrogen-bond acceptors (Lipinski definition) is 4. The number of anilines is 1. The molecule has 0 aliphatic carbocycles. The average molecular weight is 434 g/mol. The lowest BCUT2D eigenvalue weighted by Crippen LogP contribution is -2.46. The topological polar surface area (TPSA) is 67.2 Å². The van der Waals surface area contributed by atoms with Gasteiger partial charge < -0.3 is 10.6 Å². The molecule has 1 aromatic carbocycles. The zero-order chi connectivity index (χ0) is 22.8. The summed E-state index contributed by atoms with van der Waals surface area (Å²) < 4.78 is 0. The maximum atomic E-state index is 11.3. The molecule has 0 saturated heterocycles. The Kier molecular flexibility index (Phi) is 15.0. The Morgan fingerprint density at radius 2 is 1.32 bits per heavy atom. The molecule has 0 saturated carbocycles. The second kappa shape index (κ2) is 17.0. The van der Waals surface area contributed by atoms with Crippen molar-refractivity contribution in [3.63, 3.8) is 0 Å². The summed E-state index contributed by atoms with van der Waals surface area (Å²) in [6.07, 6.45) is 18.2. The van der Waals surface area contributed by atoms with Gasteiger partial charge in [-0.3, -0.25) is 10.1 Å². The molecule has 0 aliphatic rings. The number of unbranched alkanes of at least 4 members (excludes halogenated alkanes) is 11. The number of para-hydroxylation sites is 2. The molecule has 0 amide bonds. The van der Waals surface area contributed by atoms with Crippen LogP contribution in [0.25, 0.3) is 0 Å². The number of nitrogens with one attached hydrogen (secondary N) is 2. The van der Waals surface area contributed by atoms with Crippen LogP contribution < -0.4 is 10.6 Å². The molecule has 2 N–H and O–H groups in total. The fourth-order valence-electron chi connectivity index (χ4n) is 4.16. The standard InChI is InChI=1S/C26H47N3O2/c1-4-7-8-9-10-11-12-13-14-15-16-19-22-27-23-26(5-2,6-3)28-24-20-17-18-21-25(24)29(30)31/h17-18,20-21,27-28H,4-16,19,22-23H2,1-3H3. The summed E-state index contributed by atoms with van der Waals surface area (Å²) in [7, 11) is 0. The second-order valence-electron chi connectivity index (χ2n) is 8.95. The third kappa shape index (κ3) is 11.5. The highest BCUT2D eigenvalue weighted by Gasteiger charge is 2.28. The van der Waals surface area contributed by atoms with Crippen LogP contribution in [0.2, 0.25) is 0 Å². The Labute approximate surface area is 190 Å². The molecule has 0 bridgehead atoms. The Balaban J connectivity index is 2.19. The van der Waals surface area contributed by atoms with E-state index in [1.807, 2.05) is 12.1 Å². The van der Waals surface area contributed by atoms with Crippen LogP contribution in [-0.2, 0) is 0 Å². The van der Waals surface area contributed by atoms with Crippen LogP contribution in [0.1, 0.15) is 111 Å². The maximum absolute atomic E-state index is 11.3. The predicted octanol–water partition coefficient (Wildman–Crippen LogP) is 7.86. The SMILES string of the molecule is CCCCCCCCCCCCCCNCC(CC)(CC)Nc1ccccc1[N+](=O)[O-]. The van der Waals surface area contributed by atoms with E-state index < -0.39 is 0 Å². The summed E-state index contributed by atoms with van der Waals surface area (Å²) in [6, 6.07) is 6.95. The third-order valence-electron chi connectivity index (χ3n) is 6.52. The second-order valence-corrected chi connectivity index (χ2v) is 8.95. The molecule has 0 heterocycles. The van der Waals surface area contributed by atoms with Crippen molar-refractivity contribution in [2.75, 3.05) is 18.4 Å². The van der Waals surface area contributed by atoms with Crippen molar-refractivity contribution in [2.45, 2.75) is 116 Å². The molecule has 0 aromatic heterocycles. The Bertz CT molecular complexity index is 588. The highest BCUT2D eigenvalue weighted by molar-refractivity contribution is 5.62. The lowest BCUT2D eigenvalue weighted by Gasteiger charge is -2.34. The molecule has 1 rings (SSSR count). The van der Waals surface area contributed by atoms with Gasteiger partial charge in [0.15, 0.2) is 0 Å². The van der Waals surface area contributed by atoms with E-state index in [9.17, 15) is 10.1 Å². The molecule has 1 aromatic rings. The summed E-state index contributed by atoms with van der Waals surface area (Å²) in [5.74, 6) is 0. The largest absolute Gasteiger partial charge is 0.373 e. The number of rotatable bonds is 20. The molecular formula is C26H47N3O2. The number of hydrogen-bond donors (Lipinski definition) is 2. The van der Waals surface area contributed by atoms with Gasteiger partial charge in [0.05, 0.1) is 4.92 Å².